The lowest BCUT2D eigenvalue weighted by atomic mass is 10.0. The first-order valence-corrected chi connectivity index (χ1v) is 8.09. The molecule has 0 aromatic heterocycles. The summed E-state index contributed by atoms with van der Waals surface area (Å²) in [7, 11) is -3.38. The molecule has 2 unspecified atom stereocenters. The van der Waals surface area contributed by atoms with Crippen LogP contribution in [0.5, 0.6) is 0 Å². The van der Waals surface area contributed by atoms with Gasteiger partial charge in [0.05, 0.1) is 4.90 Å². The standard InChI is InChI=1S/C14H22N2O2S.ClH/c1-10-4-5-11(2)14(8-10)19(17,18)16-7-6-13(9-16)12(3)15;/h4-5,8,12-13H,6-7,9,15H2,1-3H3;1H. The van der Waals surface area contributed by atoms with Crippen molar-refractivity contribution in [1.82, 2.24) is 4.31 Å². The molecule has 0 aliphatic carbocycles. The molecule has 0 amide bonds. The molecule has 1 aliphatic heterocycles. The summed E-state index contributed by atoms with van der Waals surface area (Å²) in [5.41, 5.74) is 7.64. The van der Waals surface area contributed by atoms with Crippen LogP contribution in [0.15, 0.2) is 23.1 Å². The van der Waals surface area contributed by atoms with E-state index in [1.807, 2.05) is 32.9 Å². The number of rotatable bonds is 3. The Labute approximate surface area is 127 Å². The number of nitrogens with two attached hydrogens (primary N) is 1. The molecule has 4 nitrogen and oxygen atoms in total. The van der Waals surface area contributed by atoms with Gasteiger partial charge in [0, 0.05) is 19.1 Å². The summed E-state index contributed by atoms with van der Waals surface area (Å²) in [6.07, 6.45) is 0.849. The number of halogens is 1. The molecule has 0 bridgehead atoms. The van der Waals surface area contributed by atoms with Gasteiger partial charge in [0.15, 0.2) is 0 Å². The highest BCUT2D eigenvalue weighted by Gasteiger charge is 2.34. The minimum absolute atomic E-state index is 0. The van der Waals surface area contributed by atoms with E-state index in [-0.39, 0.29) is 24.4 Å². The van der Waals surface area contributed by atoms with Gasteiger partial charge in [-0.25, -0.2) is 8.42 Å². The van der Waals surface area contributed by atoms with Crippen molar-refractivity contribution in [3.63, 3.8) is 0 Å². The van der Waals surface area contributed by atoms with E-state index >= 15 is 0 Å². The average Bonchev–Trinajstić information content (AvgIpc) is 2.82. The lowest BCUT2D eigenvalue weighted by molar-refractivity contribution is 0.428. The molecular formula is C14H23ClN2O2S. The van der Waals surface area contributed by atoms with Crippen LogP contribution in [0, 0.1) is 19.8 Å². The molecule has 114 valence electrons. The van der Waals surface area contributed by atoms with Gasteiger partial charge in [0.1, 0.15) is 0 Å². The Kier molecular flexibility index (Phi) is 5.61. The van der Waals surface area contributed by atoms with Crippen LogP contribution in [0.25, 0.3) is 0 Å². The van der Waals surface area contributed by atoms with Gasteiger partial charge in [-0.1, -0.05) is 12.1 Å². The van der Waals surface area contributed by atoms with E-state index in [1.165, 1.54) is 0 Å². The van der Waals surface area contributed by atoms with Crippen LogP contribution in [-0.2, 0) is 10.0 Å². The first-order chi connectivity index (χ1) is 8.82. The second kappa shape index (κ2) is 6.43. The van der Waals surface area contributed by atoms with E-state index < -0.39 is 10.0 Å². The molecule has 1 saturated heterocycles. The van der Waals surface area contributed by atoms with Gasteiger partial charge in [-0.2, -0.15) is 4.31 Å². The highest BCUT2D eigenvalue weighted by molar-refractivity contribution is 7.89. The van der Waals surface area contributed by atoms with Crippen molar-refractivity contribution >= 4 is 22.4 Å². The third kappa shape index (κ3) is 3.34. The van der Waals surface area contributed by atoms with Gasteiger partial charge in [-0.15, -0.1) is 12.4 Å². The van der Waals surface area contributed by atoms with Gasteiger partial charge in [-0.3, -0.25) is 0 Å². The second-order valence-electron chi connectivity index (χ2n) is 5.54. The van der Waals surface area contributed by atoms with Crippen molar-refractivity contribution in [2.24, 2.45) is 11.7 Å². The highest BCUT2D eigenvalue weighted by Crippen LogP contribution is 2.27. The van der Waals surface area contributed by atoms with E-state index in [9.17, 15) is 8.42 Å². The zero-order valence-corrected chi connectivity index (χ0v) is 13.8. The normalized spacial score (nSPS) is 21.5. The van der Waals surface area contributed by atoms with Crippen molar-refractivity contribution in [3.8, 4) is 0 Å². The van der Waals surface area contributed by atoms with Gasteiger partial charge in [0.25, 0.3) is 0 Å². The number of sulfonamides is 1. The summed E-state index contributed by atoms with van der Waals surface area (Å²) < 4.78 is 26.9. The van der Waals surface area contributed by atoms with Crippen LogP contribution in [0.1, 0.15) is 24.5 Å². The fourth-order valence-electron chi connectivity index (χ4n) is 2.53. The summed E-state index contributed by atoms with van der Waals surface area (Å²) in [6, 6.07) is 5.59. The Morgan fingerprint density at radius 3 is 2.55 bits per heavy atom. The fourth-order valence-corrected chi connectivity index (χ4v) is 4.35. The van der Waals surface area contributed by atoms with Crippen molar-refractivity contribution in [2.45, 2.75) is 38.1 Å². The Bertz CT molecular complexity index is 573. The lowest BCUT2D eigenvalue weighted by Gasteiger charge is -2.19. The van der Waals surface area contributed by atoms with Gasteiger partial charge >= 0.3 is 0 Å². The predicted octanol–water partition coefficient (Wildman–Crippen LogP) is 2.08. The highest BCUT2D eigenvalue weighted by atomic mass is 35.5. The third-order valence-corrected chi connectivity index (χ3v) is 5.90. The molecule has 0 spiro atoms. The molecule has 1 aliphatic rings. The fraction of sp³-hybridized carbons (Fsp3) is 0.571. The molecule has 20 heavy (non-hydrogen) atoms. The molecule has 2 rings (SSSR count). The van der Waals surface area contributed by atoms with Gasteiger partial charge < -0.3 is 5.73 Å². The molecule has 2 atom stereocenters. The van der Waals surface area contributed by atoms with Gasteiger partial charge in [-0.05, 0) is 50.3 Å². The van der Waals surface area contributed by atoms with Crippen LogP contribution < -0.4 is 5.73 Å². The van der Waals surface area contributed by atoms with Crippen molar-refractivity contribution in [3.05, 3.63) is 29.3 Å². The quantitative estimate of drug-likeness (QED) is 0.928. The summed E-state index contributed by atoms with van der Waals surface area (Å²) >= 11 is 0. The first kappa shape index (κ1) is 17.4. The molecule has 0 radical (unpaired) electrons. The summed E-state index contributed by atoms with van der Waals surface area (Å²) in [6.45, 7) is 6.80. The van der Waals surface area contributed by atoms with E-state index in [4.69, 9.17) is 5.73 Å². The Hall–Kier alpha value is -0.620. The molecule has 1 aromatic rings. The maximum absolute atomic E-state index is 12.7. The third-order valence-electron chi connectivity index (χ3n) is 3.89. The Balaban J connectivity index is 0.00000200. The molecular weight excluding hydrogens is 296 g/mol. The van der Waals surface area contributed by atoms with E-state index in [0.717, 1.165) is 17.5 Å². The van der Waals surface area contributed by atoms with Crippen molar-refractivity contribution in [1.29, 1.82) is 0 Å². The lowest BCUT2D eigenvalue weighted by Crippen LogP contribution is -2.33. The molecule has 2 N–H and O–H groups in total. The molecule has 0 saturated carbocycles. The van der Waals surface area contributed by atoms with E-state index in [2.05, 4.69) is 0 Å². The average molecular weight is 319 g/mol. The predicted molar refractivity (Wildman–Crippen MR) is 83.7 cm³/mol. The topological polar surface area (TPSA) is 63.4 Å². The van der Waals surface area contributed by atoms with E-state index in [0.29, 0.717) is 18.0 Å². The minimum atomic E-state index is -3.38. The molecule has 1 fully saturated rings. The monoisotopic (exact) mass is 318 g/mol. The molecule has 1 heterocycles. The van der Waals surface area contributed by atoms with E-state index in [1.54, 1.807) is 10.4 Å². The van der Waals surface area contributed by atoms with Crippen molar-refractivity contribution < 1.29 is 8.42 Å². The summed E-state index contributed by atoms with van der Waals surface area (Å²) in [4.78, 5) is 0.429. The zero-order valence-electron chi connectivity index (χ0n) is 12.2. The maximum atomic E-state index is 12.7. The zero-order chi connectivity index (χ0) is 14.2. The second-order valence-corrected chi connectivity index (χ2v) is 7.45. The van der Waals surface area contributed by atoms with Crippen LogP contribution in [0.4, 0.5) is 0 Å². The SMILES string of the molecule is Cc1ccc(C)c(S(=O)(=O)N2CCC(C(C)N)C2)c1.Cl. The van der Waals surface area contributed by atoms with Crippen LogP contribution >= 0.6 is 12.4 Å². The molecule has 1 aromatic carbocycles. The number of benzene rings is 1. The summed E-state index contributed by atoms with van der Waals surface area (Å²) in [5, 5.41) is 0. The minimum Gasteiger partial charge on any atom is -0.328 e. The number of aryl methyl sites for hydroxylation is 2. The van der Waals surface area contributed by atoms with Crippen LogP contribution in [0.3, 0.4) is 0 Å². The van der Waals surface area contributed by atoms with Crippen molar-refractivity contribution in [2.75, 3.05) is 13.1 Å². The Morgan fingerprint density at radius 1 is 1.35 bits per heavy atom. The Morgan fingerprint density at radius 2 is 2.00 bits per heavy atom. The largest absolute Gasteiger partial charge is 0.328 e. The summed E-state index contributed by atoms with van der Waals surface area (Å²) in [5.74, 6) is 0.264. The van der Waals surface area contributed by atoms with Crippen LogP contribution in [0.2, 0.25) is 0 Å². The number of nitrogens with zero attached hydrogens (tertiary/aromatic N) is 1. The molecule has 6 heteroatoms. The maximum Gasteiger partial charge on any atom is 0.243 e. The van der Waals surface area contributed by atoms with Crippen LogP contribution in [-0.4, -0.2) is 31.9 Å². The number of hydrogen-bond acceptors (Lipinski definition) is 3. The van der Waals surface area contributed by atoms with Gasteiger partial charge in [0.2, 0.25) is 10.0 Å². The number of hydrogen-bond donors (Lipinski definition) is 1. The smallest absolute Gasteiger partial charge is 0.243 e. The first-order valence-electron chi connectivity index (χ1n) is 6.65.